The number of ether oxygens (including phenoxy) is 2. The molecule has 10 heteroatoms. The Labute approximate surface area is 234 Å². The molecule has 40 heavy (non-hydrogen) atoms. The van der Waals surface area contributed by atoms with Gasteiger partial charge in [-0.25, -0.2) is 17.9 Å². The standard InChI is InChI=1S/C30H34N2O7S/c1-2-19-40(36,37)32-22-9-13-24(14-10-22)39-26-17-15-25(16-18-26)38-23-11-7-21(8-12-23)20-29(33)31-28-6-4-3-5-27(28)30(34)35/h3-8,11-12,15-18,22,24,32H,2,9-10,13-14,19-20H2,1H3,(H,31,33)(H,34,35). The molecular formula is C30H34N2O7S. The molecule has 1 aliphatic rings. The second-order valence-electron chi connectivity index (χ2n) is 9.82. The second-order valence-corrected chi connectivity index (χ2v) is 11.7. The molecule has 0 aromatic heterocycles. The van der Waals surface area contributed by atoms with Crippen molar-refractivity contribution in [3.05, 3.63) is 83.9 Å². The molecule has 1 saturated carbocycles. The zero-order valence-electron chi connectivity index (χ0n) is 22.3. The Morgan fingerprint density at radius 2 is 1.48 bits per heavy atom. The molecule has 3 N–H and O–H groups in total. The zero-order chi connectivity index (χ0) is 28.5. The molecule has 0 atom stereocenters. The third-order valence-corrected chi connectivity index (χ3v) is 8.21. The van der Waals surface area contributed by atoms with E-state index in [0.29, 0.717) is 17.9 Å². The smallest absolute Gasteiger partial charge is 0.337 e. The number of para-hydroxylation sites is 1. The van der Waals surface area contributed by atoms with Crippen molar-refractivity contribution in [3.63, 3.8) is 0 Å². The fourth-order valence-electron chi connectivity index (χ4n) is 4.63. The van der Waals surface area contributed by atoms with Gasteiger partial charge in [0.25, 0.3) is 0 Å². The maximum Gasteiger partial charge on any atom is 0.337 e. The minimum atomic E-state index is -3.20. The number of nitrogens with one attached hydrogen (secondary N) is 2. The van der Waals surface area contributed by atoms with Gasteiger partial charge in [-0.15, -0.1) is 0 Å². The van der Waals surface area contributed by atoms with Crippen LogP contribution in [0.4, 0.5) is 5.69 Å². The monoisotopic (exact) mass is 566 g/mol. The van der Waals surface area contributed by atoms with E-state index in [2.05, 4.69) is 10.0 Å². The van der Waals surface area contributed by atoms with Crippen LogP contribution in [0.25, 0.3) is 0 Å². The number of carboxylic acid groups (broad SMARTS) is 1. The van der Waals surface area contributed by atoms with Gasteiger partial charge in [-0.3, -0.25) is 4.79 Å². The molecule has 0 bridgehead atoms. The summed E-state index contributed by atoms with van der Waals surface area (Å²) in [6.07, 6.45) is 3.81. The highest BCUT2D eigenvalue weighted by Gasteiger charge is 2.25. The maximum atomic E-state index is 12.4. The maximum absolute atomic E-state index is 12.4. The van der Waals surface area contributed by atoms with Gasteiger partial charge in [-0.1, -0.05) is 31.2 Å². The number of rotatable bonds is 12. The van der Waals surface area contributed by atoms with Crippen molar-refractivity contribution < 1.29 is 32.6 Å². The summed E-state index contributed by atoms with van der Waals surface area (Å²) in [4.78, 5) is 23.8. The molecule has 3 aromatic carbocycles. The van der Waals surface area contributed by atoms with Crippen LogP contribution in [0.3, 0.4) is 0 Å². The van der Waals surface area contributed by atoms with Crippen molar-refractivity contribution in [2.45, 2.75) is 57.6 Å². The summed E-state index contributed by atoms with van der Waals surface area (Å²) in [6.45, 7) is 1.86. The van der Waals surface area contributed by atoms with E-state index >= 15 is 0 Å². The Balaban J connectivity index is 1.23. The first kappa shape index (κ1) is 29.1. The molecular weight excluding hydrogens is 532 g/mol. The molecule has 0 radical (unpaired) electrons. The van der Waals surface area contributed by atoms with E-state index < -0.39 is 16.0 Å². The van der Waals surface area contributed by atoms with E-state index in [0.717, 1.165) is 37.0 Å². The van der Waals surface area contributed by atoms with Crippen LogP contribution in [0.2, 0.25) is 0 Å². The van der Waals surface area contributed by atoms with Gasteiger partial charge in [0.1, 0.15) is 17.2 Å². The van der Waals surface area contributed by atoms with Gasteiger partial charge in [0, 0.05) is 6.04 Å². The summed E-state index contributed by atoms with van der Waals surface area (Å²) >= 11 is 0. The van der Waals surface area contributed by atoms with E-state index in [-0.39, 0.29) is 41.5 Å². The molecule has 0 spiro atoms. The van der Waals surface area contributed by atoms with Gasteiger partial charge in [-0.2, -0.15) is 0 Å². The van der Waals surface area contributed by atoms with E-state index in [9.17, 15) is 23.1 Å². The average molecular weight is 567 g/mol. The first-order chi connectivity index (χ1) is 19.2. The lowest BCUT2D eigenvalue weighted by Crippen LogP contribution is -2.40. The predicted octanol–water partition coefficient (Wildman–Crippen LogP) is 5.38. The van der Waals surface area contributed by atoms with Gasteiger partial charge in [0.15, 0.2) is 0 Å². The highest BCUT2D eigenvalue weighted by molar-refractivity contribution is 7.89. The lowest BCUT2D eigenvalue weighted by molar-refractivity contribution is -0.115. The van der Waals surface area contributed by atoms with Gasteiger partial charge < -0.3 is 19.9 Å². The molecule has 3 aromatic rings. The summed E-state index contributed by atoms with van der Waals surface area (Å²) in [5, 5.41) is 11.9. The number of sulfonamides is 1. The van der Waals surface area contributed by atoms with Crippen LogP contribution < -0.4 is 19.5 Å². The summed E-state index contributed by atoms with van der Waals surface area (Å²) in [7, 11) is -3.20. The molecule has 0 saturated heterocycles. The van der Waals surface area contributed by atoms with Gasteiger partial charge >= 0.3 is 5.97 Å². The van der Waals surface area contributed by atoms with Crippen molar-refractivity contribution in [3.8, 4) is 17.2 Å². The fraction of sp³-hybridized carbons (Fsp3) is 0.333. The van der Waals surface area contributed by atoms with E-state index in [4.69, 9.17) is 9.47 Å². The Bertz CT molecular complexity index is 1400. The molecule has 9 nitrogen and oxygen atoms in total. The number of amides is 1. The van der Waals surface area contributed by atoms with Crippen LogP contribution in [-0.4, -0.2) is 43.3 Å². The lowest BCUT2D eigenvalue weighted by Gasteiger charge is -2.29. The topological polar surface area (TPSA) is 131 Å². The highest BCUT2D eigenvalue weighted by Crippen LogP contribution is 2.28. The van der Waals surface area contributed by atoms with Crippen LogP contribution in [-0.2, 0) is 21.2 Å². The number of hydrogen-bond acceptors (Lipinski definition) is 6. The first-order valence-corrected chi connectivity index (χ1v) is 15.0. The van der Waals surface area contributed by atoms with Gasteiger partial charge in [0.2, 0.25) is 15.9 Å². The number of aromatic carboxylic acids is 1. The van der Waals surface area contributed by atoms with Crippen LogP contribution in [0, 0.1) is 0 Å². The highest BCUT2D eigenvalue weighted by atomic mass is 32.2. The quantitative estimate of drug-likeness (QED) is 0.268. The van der Waals surface area contributed by atoms with Crippen LogP contribution in [0.5, 0.6) is 17.2 Å². The SMILES string of the molecule is CCCS(=O)(=O)NC1CCC(Oc2ccc(Oc3ccc(CC(=O)Nc4ccccc4C(=O)O)cc3)cc2)CC1. The predicted molar refractivity (Wildman–Crippen MR) is 153 cm³/mol. The summed E-state index contributed by atoms with van der Waals surface area (Å²) in [5.41, 5.74) is 1.06. The number of hydrogen-bond donors (Lipinski definition) is 3. The lowest BCUT2D eigenvalue weighted by atomic mass is 9.94. The second kappa shape index (κ2) is 13.5. The van der Waals surface area contributed by atoms with Gasteiger partial charge in [-0.05, 0) is 86.2 Å². The zero-order valence-corrected chi connectivity index (χ0v) is 23.2. The Morgan fingerprint density at radius 1 is 0.875 bits per heavy atom. The molecule has 0 heterocycles. The largest absolute Gasteiger partial charge is 0.490 e. The van der Waals surface area contributed by atoms with Crippen molar-refractivity contribution in [1.82, 2.24) is 4.72 Å². The summed E-state index contributed by atoms with van der Waals surface area (Å²) in [5.74, 6) is 0.715. The van der Waals surface area contributed by atoms with Crippen LogP contribution in [0.1, 0.15) is 54.9 Å². The number of anilines is 1. The fourth-order valence-corrected chi connectivity index (χ4v) is 6.03. The summed E-state index contributed by atoms with van der Waals surface area (Å²) in [6, 6.07) is 20.7. The molecule has 1 fully saturated rings. The van der Waals surface area contributed by atoms with Crippen molar-refractivity contribution in [2.75, 3.05) is 11.1 Å². The van der Waals surface area contributed by atoms with E-state index in [1.165, 1.54) is 6.07 Å². The van der Waals surface area contributed by atoms with E-state index in [1.807, 2.05) is 31.2 Å². The van der Waals surface area contributed by atoms with Crippen LogP contribution in [0.15, 0.2) is 72.8 Å². The molecule has 212 valence electrons. The van der Waals surface area contributed by atoms with Crippen molar-refractivity contribution in [1.29, 1.82) is 0 Å². The molecule has 0 unspecified atom stereocenters. The summed E-state index contributed by atoms with van der Waals surface area (Å²) < 4.78 is 38.8. The third-order valence-electron chi connectivity index (χ3n) is 6.58. The number of benzene rings is 3. The minimum absolute atomic E-state index is 0.0263. The third kappa shape index (κ3) is 8.56. The molecule has 1 amide bonds. The van der Waals surface area contributed by atoms with Crippen molar-refractivity contribution >= 4 is 27.6 Å². The normalized spacial score (nSPS) is 17.1. The number of carbonyl (C=O) groups is 2. The van der Waals surface area contributed by atoms with Crippen molar-refractivity contribution in [2.24, 2.45) is 0 Å². The van der Waals surface area contributed by atoms with Crippen LogP contribution >= 0.6 is 0 Å². The average Bonchev–Trinajstić information content (AvgIpc) is 2.92. The first-order valence-electron chi connectivity index (χ1n) is 13.4. The minimum Gasteiger partial charge on any atom is -0.490 e. The number of carbonyl (C=O) groups excluding carboxylic acids is 1. The number of carboxylic acids is 1. The Morgan fingerprint density at radius 3 is 2.10 bits per heavy atom. The molecule has 4 rings (SSSR count). The van der Waals surface area contributed by atoms with E-state index in [1.54, 1.807) is 42.5 Å². The molecule has 1 aliphatic carbocycles. The van der Waals surface area contributed by atoms with Gasteiger partial charge in [0.05, 0.1) is 29.5 Å². The molecule has 0 aliphatic heterocycles. The Kier molecular flexibility index (Phi) is 9.79. The Hall–Kier alpha value is -3.89.